The van der Waals surface area contributed by atoms with E-state index in [1.54, 1.807) is 11.4 Å². The lowest BCUT2D eigenvalue weighted by atomic mass is 10.3. The lowest BCUT2D eigenvalue weighted by Crippen LogP contribution is -2.11. The molecule has 3 N–H and O–H groups in total. The Bertz CT molecular complexity index is 794. The molecular formula is C14H13N3O2S2. The average Bonchev–Trinajstić information content (AvgIpc) is 3.04. The van der Waals surface area contributed by atoms with E-state index in [4.69, 9.17) is 10.5 Å². The molecule has 0 saturated heterocycles. The number of amides is 1. The summed E-state index contributed by atoms with van der Waals surface area (Å²) in [6.07, 6.45) is 0. The minimum absolute atomic E-state index is 0.230. The van der Waals surface area contributed by atoms with Crippen LogP contribution in [0, 0.1) is 0 Å². The summed E-state index contributed by atoms with van der Waals surface area (Å²) in [6, 6.07) is 7.39. The first-order valence-electron chi connectivity index (χ1n) is 6.35. The van der Waals surface area contributed by atoms with Crippen molar-refractivity contribution < 1.29 is 9.53 Å². The molecule has 0 radical (unpaired) electrons. The maximum Gasteiger partial charge on any atom is 0.269 e. The Balaban J connectivity index is 1.84. The van der Waals surface area contributed by atoms with Crippen LogP contribution in [0.15, 0.2) is 29.6 Å². The second kappa shape index (κ2) is 5.71. The minimum atomic E-state index is -0.230. The van der Waals surface area contributed by atoms with Crippen molar-refractivity contribution in [2.45, 2.75) is 6.92 Å². The van der Waals surface area contributed by atoms with E-state index in [9.17, 15) is 4.79 Å². The summed E-state index contributed by atoms with van der Waals surface area (Å²) in [5, 5.41) is 5.13. The third kappa shape index (κ3) is 2.84. The van der Waals surface area contributed by atoms with Crippen LogP contribution in [0.5, 0.6) is 5.75 Å². The number of hydrogen-bond acceptors (Lipinski definition) is 6. The molecule has 0 unspecified atom stereocenters. The summed E-state index contributed by atoms with van der Waals surface area (Å²) in [4.78, 5) is 17.0. The topological polar surface area (TPSA) is 77.2 Å². The molecule has 5 nitrogen and oxygen atoms in total. The number of thiophene rings is 1. The second-order valence-corrected chi connectivity index (χ2v) is 6.19. The van der Waals surface area contributed by atoms with Crippen molar-refractivity contribution in [1.29, 1.82) is 0 Å². The Kier molecular flexibility index (Phi) is 3.76. The number of thiazole rings is 1. The van der Waals surface area contributed by atoms with Gasteiger partial charge in [0, 0.05) is 0 Å². The number of nitrogens with two attached hydrogens (primary N) is 1. The number of nitrogens with zero attached hydrogens (tertiary/aromatic N) is 1. The van der Waals surface area contributed by atoms with Crippen LogP contribution in [-0.4, -0.2) is 17.5 Å². The Morgan fingerprint density at radius 2 is 2.29 bits per heavy atom. The fourth-order valence-corrected chi connectivity index (χ4v) is 3.47. The van der Waals surface area contributed by atoms with Crippen LogP contribution in [0.1, 0.15) is 16.6 Å². The number of ether oxygens (including phenoxy) is 1. The predicted molar refractivity (Wildman–Crippen MR) is 87.5 cm³/mol. The summed E-state index contributed by atoms with van der Waals surface area (Å²) in [6.45, 7) is 2.56. The second-order valence-electron chi connectivity index (χ2n) is 4.24. The highest BCUT2D eigenvalue weighted by molar-refractivity contribution is 7.22. The first-order chi connectivity index (χ1) is 10.2. The molecule has 0 aliphatic carbocycles. The largest absolute Gasteiger partial charge is 0.494 e. The fourth-order valence-electron chi connectivity index (χ4n) is 1.87. The molecule has 7 heteroatoms. The highest BCUT2D eigenvalue weighted by Gasteiger charge is 2.14. The average molecular weight is 319 g/mol. The summed E-state index contributed by atoms with van der Waals surface area (Å²) in [5.74, 6) is 0.570. The molecule has 0 atom stereocenters. The number of hydrogen-bond donors (Lipinski definition) is 2. The number of fused-ring (bicyclic) bond motifs is 1. The van der Waals surface area contributed by atoms with E-state index < -0.39 is 0 Å². The molecule has 0 aliphatic rings. The molecule has 2 aromatic heterocycles. The molecule has 3 aromatic rings. The van der Waals surface area contributed by atoms with E-state index in [1.807, 2.05) is 25.1 Å². The Morgan fingerprint density at radius 1 is 1.43 bits per heavy atom. The van der Waals surface area contributed by atoms with Crippen molar-refractivity contribution in [2.75, 3.05) is 17.7 Å². The number of carbonyl (C=O) groups excluding carboxylic acids is 1. The van der Waals surface area contributed by atoms with Gasteiger partial charge in [0.2, 0.25) is 0 Å². The van der Waals surface area contributed by atoms with E-state index >= 15 is 0 Å². The molecule has 0 saturated carbocycles. The van der Waals surface area contributed by atoms with E-state index in [1.165, 1.54) is 22.7 Å². The molecular weight excluding hydrogens is 306 g/mol. The SMILES string of the molecule is CCOc1ccc2nc(NC(=O)c3sccc3N)sc2c1. The number of nitrogen functional groups attached to an aromatic ring is 1. The van der Waals surface area contributed by atoms with Gasteiger partial charge in [-0.15, -0.1) is 11.3 Å². The zero-order valence-corrected chi connectivity index (χ0v) is 12.9. The van der Waals surface area contributed by atoms with Crippen LogP contribution >= 0.6 is 22.7 Å². The normalized spacial score (nSPS) is 10.7. The van der Waals surface area contributed by atoms with E-state index in [-0.39, 0.29) is 5.91 Å². The van der Waals surface area contributed by atoms with Gasteiger partial charge in [0.05, 0.1) is 22.5 Å². The number of anilines is 2. The van der Waals surface area contributed by atoms with Crippen LogP contribution in [0.25, 0.3) is 10.2 Å². The van der Waals surface area contributed by atoms with Crippen molar-refractivity contribution in [3.8, 4) is 5.75 Å². The molecule has 0 fully saturated rings. The van der Waals surface area contributed by atoms with Crippen LogP contribution in [0.2, 0.25) is 0 Å². The maximum atomic E-state index is 12.1. The van der Waals surface area contributed by atoms with Gasteiger partial charge < -0.3 is 10.5 Å². The van der Waals surface area contributed by atoms with E-state index in [0.717, 1.165) is 16.0 Å². The van der Waals surface area contributed by atoms with E-state index in [0.29, 0.717) is 22.3 Å². The quantitative estimate of drug-likeness (QED) is 0.770. The Morgan fingerprint density at radius 3 is 3.00 bits per heavy atom. The molecule has 1 aromatic carbocycles. The number of rotatable bonds is 4. The Labute approximate surface area is 129 Å². The van der Waals surface area contributed by atoms with Crippen LogP contribution in [0.3, 0.4) is 0 Å². The molecule has 2 heterocycles. The summed E-state index contributed by atoms with van der Waals surface area (Å²) in [5.41, 5.74) is 7.05. The summed E-state index contributed by atoms with van der Waals surface area (Å²) in [7, 11) is 0. The van der Waals surface area contributed by atoms with Gasteiger partial charge in [-0.2, -0.15) is 0 Å². The summed E-state index contributed by atoms with van der Waals surface area (Å²) < 4.78 is 6.42. The van der Waals surface area contributed by atoms with Gasteiger partial charge in [-0.25, -0.2) is 4.98 Å². The molecule has 1 amide bonds. The van der Waals surface area contributed by atoms with Gasteiger partial charge in [-0.1, -0.05) is 11.3 Å². The van der Waals surface area contributed by atoms with Crippen LogP contribution in [0.4, 0.5) is 10.8 Å². The molecule has 0 aliphatic heterocycles. The Hall–Kier alpha value is -2.12. The molecule has 21 heavy (non-hydrogen) atoms. The van der Waals surface area contributed by atoms with Gasteiger partial charge in [0.1, 0.15) is 10.6 Å². The number of aromatic nitrogens is 1. The molecule has 3 rings (SSSR count). The first-order valence-corrected chi connectivity index (χ1v) is 8.04. The van der Waals surface area contributed by atoms with Gasteiger partial charge in [-0.05, 0) is 36.6 Å². The van der Waals surface area contributed by atoms with E-state index in [2.05, 4.69) is 10.3 Å². The predicted octanol–water partition coefficient (Wildman–Crippen LogP) is 3.59. The van der Waals surface area contributed by atoms with Crippen molar-refractivity contribution in [1.82, 2.24) is 4.98 Å². The standard InChI is InChI=1S/C14H13N3O2S2/c1-2-19-8-3-4-10-11(7-8)21-14(16-10)17-13(18)12-9(15)5-6-20-12/h3-7H,2,15H2,1H3,(H,16,17,18). The van der Waals surface area contributed by atoms with Crippen LogP contribution < -0.4 is 15.8 Å². The van der Waals surface area contributed by atoms with Crippen molar-refractivity contribution >= 4 is 49.6 Å². The zero-order chi connectivity index (χ0) is 14.8. The minimum Gasteiger partial charge on any atom is -0.494 e. The van der Waals surface area contributed by atoms with Gasteiger partial charge >= 0.3 is 0 Å². The van der Waals surface area contributed by atoms with Crippen molar-refractivity contribution in [3.63, 3.8) is 0 Å². The highest BCUT2D eigenvalue weighted by Crippen LogP contribution is 2.30. The summed E-state index contributed by atoms with van der Waals surface area (Å²) >= 11 is 2.72. The maximum absolute atomic E-state index is 12.1. The van der Waals surface area contributed by atoms with Crippen molar-refractivity contribution in [2.24, 2.45) is 0 Å². The lowest BCUT2D eigenvalue weighted by Gasteiger charge is -2.00. The zero-order valence-electron chi connectivity index (χ0n) is 11.3. The lowest BCUT2D eigenvalue weighted by molar-refractivity contribution is 0.103. The molecule has 108 valence electrons. The first kappa shape index (κ1) is 13.8. The molecule has 0 spiro atoms. The van der Waals surface area contributed by atoms with Crippen LogP contribution in [-0.2, 0) is 0 Å². The number of benzene rings is 1. The van der Waals surface area contributed by atoms with Crippen molar-refractivity contribution in [3.05, 3.63) is 34.5 Å². The third-order valence-corrected chi connectivity index (χ3v) is 4.66. The van der Waals surface area contributed by atoms with Gasteiger partial charge in [-0.3, -0.25) is 10.1 Å². The van der Waals surface area contributed by atoms with Gasteiger partial charge in [0.15, 0.2) is 5.13 Å². The number of nitrogens with one attached hydrogen (secondary N) is 1. The molecule has 0 bridgehead atoms. The van der Waals surface area contributed by atoms with Gasteiger partial charge in [0.25, 0.3) is 5.91 Å². The monoisotopic (exact) mass is 319 g/mol. The highest BCUT2D eigenvalue weighted by atomic mass is 32.1. The smallest absolute Gasteiger partial charge is 0.269 e. The third-order valence-electron chi connectivity index (χ3n) is 2.79. The number of carbonyl (C=O) groups is 1. The fraction of sp³-hybridized carbons (Fsp3) is 0.143.